The summed E-state index contributed by atoms with van der Waals surface area (Å²) in [5, 5.41) is 10.3. The molecule has 0 saturated heterocycles. The molecule has 122 valence electrons. The number of amides is 1. The number of carbonyl (C=O) groups is 1. The van der Waals surface area contributed by atoms with Crippen molar-refractivity contribution in [3.63, 3.8) is 0 Å². The van der Waals surface area contributed by atoms with E-state index in [0.717, 1.165) is 18.7 Å². The molecule has 1 aromatic heterocycles. The molecule has 0 radical (unpaired) electrons. The first-order chi connectivity index (χ1) is 11.2. The van der Waals surface area contributed by atoms with Gasteiger partial charge in [-0.3, -0.25) is 9.89 Å². The maximum Gasteiger partial charge on any atom is 0.230 e. The molecule has 0 bridgehead atoms. The standard InChI is InChI=1S/C15H17FN4O2S/c16-11-2-1-3-12(8-11)22-7-6-17-13(21)9-23-15-18-14(19-20-15)10-4-5-10/h1-3,8,10H,4-7,9H2,(H,17,21)(H,18,19,20). The van der Waals surface area contributed by atoms with Crippen molar-refractivity contribution >= 4 is 17.7 Å². The second kappa shape index (κ2) is 7.45. The number of rotatable bonds is 8. The number of aromatic amines is 1. The van der Waals surface area contributed by atoms with Gasteiger partial charge in [0.05, 0.1) is 12.3 Å². The highest BCUT2D eigenvalue weighted by Gasteiger charge is 2.27. The predicted molar refractivity (Wildman–Crippen MR) is 84.0 cm³/mol. The van der Waals surface area contributed by atoms with E-state index in [1.165, 1.54) is 23.9 Å². The Morgan fingerprint density at radius 2 is 2.35 bits per heavy atom. The van der Waals surface area contributed by atoms with Crippen LogP contribution < -0.4 is 10.1 Å². The number of hydrogen-bond donors (Lipinski definition) is 2. The number of carbonyl (C=O) groups excluding carboxylic acids is 1. The van der Waals surface area contributed by atoms with Crippen LogP contribution in [-0.4, -0.2) is 40.0 Å². The van der Waals surface area contributed by atoms with Crippen molar-refractivity contribution in [2.45, 2.75) is 23.9 Å². The average molecular weight is 336 g/mol. The van der Waals surface area contributed by atoms with Crippen molar-refractivity contribution in [2.75, 3.05) is 18.9 Å². The summed E-state index contributed by atoms with van der Waals surface area (Å²) in [6.45, 7) is 0.642. The zero-order chi connectivity index (χ0) is 16.1. The first kappa shape index (κ1) is 15.8. The molecule has 1 heterocycles. The molecule has 1 amide bonds. The highest BCUT2D eigenvalue weighted by atomic mass is 32.2. The van der Waals surface area contributed by atoms with Crippen LogP contribution in [0.4, 0.5) is 4.39 Å². The molecule has 0 unspecified atom stereocenters. The van der Waals surface area contributed by atoms with E-state index in [1.807, 2.05) is 0 Å². The van der Waals surface area contributed by atoms with E-state index in [0.29, 0.717) is 23.4 Å². The molecule has 6 nitrogen and oxygen atoms in total. The van der Waals surface area contributed by atoms with Crippen LogP contribution in [0.15, 0.2) is 29.4 Å². The molecule has 8 heteroatoms. The fourth-order valence-corrected chi connectivity index (χ4v) is 2.59. The van der Waals surface area contributed by atoms with Crippen LogP contribution >= 0.6 is 11.8 Å². The number of thioether (sulfide) groups is 1. The van der Waals surface area contributed by atoms with Gasteiger partial charge >= 0.3 is 0 Å². The molecular formula is C15H17FN4O2S. The fourth-order valence-electron chi connectivity index (χ4n) is 1.96. The topological polar surface area (TPSA) is 79.9 Å². The van der Waals surface area contributed by atoms with Crippen molar-refractivity contribution in [2.24, 2.45) is 0 Å². The Balaban J connectivity index is 1.31. The second-order valence-corrected chi connectivity index (χ2v) is 6.16. The SMILES string of the molecule is O=C(CSc1n[nH]c(C2CC2)n1)NCCOc1cccc(F)c1. The maximum absolute atomic E-state index is 13.0. The Hall–Kier alpha value is -2.09. The van der Waals surface area contributed by atoms with Gasteiger partial charge in [-0.15, -0.1) is 5.10 Å². The summed E-state index contributed by atoms with van der Waals surface area (Å²) in [6.07, 6.45) is 2.32. The second-order valence-electron chi connectivity index (χ2n) is 5.22. The molecule has 1 saturated carbocycles. The van der Waals surface area contributed by atoms with Gasteiger partial charge in [-0.25, -0.2) is 9.37 Å². The molecule has 0 aliphatic heterocycles. The summed E-state index contributed by atoms with van der Waals surface area (Å²) in [4.78, 5) is 16.1. The number of hydrogen-bond acceptors (Lipinski definition) is 5. The van der Waals surface area contributed by atoms with E-state index in [9.17, 15) is 9.18 Å². The Morgan fingerprint density at radius 1 is 1.48 bits per heavy atom. The van der Waals surface area contributed by atoms with Crippen LogP contribution in [0.1, 0.15) is 24.6 Å². The molecule has 3 rings (SSSR count). The Kier molecular flexibility index (Phi) is 5.12. The summed E-state index contributed by atoms with van der Waals surface area (Å²) in [7, 11) is 0. The lowest BCUT2D eigenvalue weighted by molar-refractivity contribution is -0.118. The minimum atomic E-state index is -0.347. The minimum Gasteiger partial charge on any atom is -0.492 e. The molecule has 1 aromatic carbocycles. The highest BCUT2D eigenvalue weighted by molar-refractivity contribution is 7.99. The summed E-state index contributed by atoms with van der Waals surface area (Å²) in [5.74, 6) is 1.67. The van der Waals surface area contributed by atoms with Crippen LogP contribution in [0, 0.1) is 5.82 Å². The summed E-state index contributed by atoms with van der Waals surface area (Å²) in [5.41, 5.74) is 0. The van der Waals surface area contributed by atoms with E-state index >= 15 is 0 Å². The Morgan fingerprint density at radius 3 is 3.13 bits per heavy atom. The minimum absolute atomic E-state index is 0.115. The number of aromatic nitrogens is 3. The monoisotopic (exact) mass is 336 g/mol. The molecule has 1 aliphatic carbocycles. The van der Waals surface area contributed by atoms with Crippen molar-refractivity contribution in [3.8, 4) is 5.75 Å². The van der Waals surface area contributed by atoms with Crippen LogP contribution in [-0.2, 0) is 4.79 Å². The lowest BCUT2D eigenvalue weighted by Gasteiger charge is -2.07. The predicted octanol–water partition coefficient (Wildman–Crippen LogP) is 2.11. The van der Waals surface area contributed by atoms with Gasteiger partial charge in [0.1, 0.15) is 24.0 Å². The zero-order valence-corrected chi connectivity index (χ0v) is 13.2. The van der Waals surface area contributed by atoms with E-state index in [-0.39, 0.29) is 24.1 Å². The molecule has 1 fully saturated rings. The highest BCUT2D eigenvalue weighted by Crippen LogP contribution is 2.38. The quantitative estimate of drug-likeness (QED) is 0.570. The molecular weight excluding hydrogens is 319 g/mol. The van der Waals surface area contributed by atoms with Gasteiger partial charge in [-0.2, -0.15) is 0 Å². The van der Waals surface area contributed by atoms with Crippen LogP contribution in [0.3, 0.4) is 0 Å². The molecule has 2 aromatic rings. The number of ether oxygens (including phenoxy) is 1. The van der Waals surface area contributed by atoms with Gasteiger partial charge in [-0.05, 0) is 25.0 Å². The van der Waals surface area contributed by atoms with Crippen LogP contribution in [0.25, 0.3) is 0 Å². The van der Waals surface area contributed by atoms with E-state index in [2.05, 4.69) is 20.5 Å². The fraction of sp³-hybridized carbons (Fsp3) is 0.400. The van der Waals surface area contributed by atoms with E-state index < -0.39 is 0 Å². The third kappa shape index (κ3) is 4.95. The van der Waals surface area contributed by atoms with Gasteiger partial charge in [-0.1, -0.05) is 17.8 Å². The number of nitrogens with one attached hydrogen (secondary N) is 2. The first-order valence-electron chi connectivity index (χ1n) is 7.41. The number of nitrogens with zero attached hydrogens (tertiary/aromatic N) is 2. The van der Waals surface area contributed by atoms with E-state index in [1.54, 1.807) is 12.1 Å². The van der Waals surface area contributed by atoms with Crippen molar-refractivity contribution in [3.05, 3.63) is 35.9 Å². The first-order valence-corrected chi connectivity index (χ1v) is 8.39. The smallest absolute Gasteiger partial charge is 0.230 e. The van der Waals surface area contributed by atoms with Crippen molar-refractivity contribution in [1.29, 1.82) is 0 Å². The van der Waals surface area contributed by atoms with Crippen molar-refractivity contribution < 1.29 is 13.9 Å². The lowest BCUT2D eigenvalue weighted by Crippen LogP contribution is -2.29. The Labute approximate surface area is 137 Å². The number of H-pyrrole nitrogens is 1. The molecule has 0 atom stereocenters. The number of benzene rings is 1. The lowest BCUT2D eigenvalue weighted by atomic mass is 10.3. The van der Waals surface area contributed by atoms with Crippen molar-refractivity contribution in [1.82, 2.24) is 20.5 Å². The Bertz CT molecular complexity index is 675. The van der Waals surface area contributed by atoms with Crippen LogP contribution in [0.5, 0.6) is 5.75 Å². The molecule has 0 spiro atoms. The zero-order valence-electron chi connectivity index (χ0n) is 12.4. The average Bonchev–Trinajstić information content (AvgIpc) is 3.28. The normalized spacial score (nSPS) is 13.8. The maximum atomic E-state index is 13.0. The van der Waals surface area contributed by atoms with Gasteiger partial charge in [0.2, 0.25) is 11.1 Å². The molecule has 1 aliphatic rings. The summed E-state index contributed by atoms with van der Waals surface area (Å²) in [6, 6.07) is 5.90. The number of halogens is 1. The molecule has 23 heavy (non-hydrogen) atoms. The van der Waals surface area contributed by atoms with Crippen LogP contribution in [0.2, 0.25) is 0 Å². The van der Waals surface area contributed by atoms with Gasteiger partial charge in [0, 0.05) is 12.0 Å². The summed E-state index contributed by atoms with van der Waals surface area (Å²) < 4.78 is 18.3. The van der Waals surface area contributed by atoms with E-state index in [4.69, 9.17) is 4.74 Å². The molecule has 2 N–H and O–H groups in total. The van der Waals surface area contributed by atoms with Gasteiger partial charge in [0.15, 0.2) is 0 Å². The summed E-state index contributed by atoms with van der Waals surface area (Å²) >= 11 is 1.30. The van der Waals surface area contributed by atoms with Gasteiger partial charge in [0.25, 0.3) is 0 Å². The third-order valence-electron chi connectivity index (χ3n) is 3.27. The third-order valence-corrected chi connectivity index (χ3v) is 4.11. The van der Waals surface area contributed by atoms with Gasteiger partial charge < -0.3 is 10.1 Å². The largest absolute Gasteiger partial charge is 0.492 e.